The first-order chi connectivity index (χ1) is 7.31. The molecule has 3 nitrogen and oxygen atoms in total. The average Bonchev–Trinajstić information content (AvgIpc) is 2.31. The van der Waals surface area contributed by atoms with Crippen molar-refractivity contribution in [3.8, 4) is 5.75 Å². The van der Waals surface area contributed by atoms with Gasteiger partial charge in [0.15, 0.2) is 6.29 Å². The lowest BCUT2D eigenvalue weighted by Gasteiger charge is -2.29. The van der Waals surface area contributed by atoms with Gasteiger partial charge in [-0.15, -0.1) is 0 Å². The summed E-state index contributed by atoms with van der Waals surface area (Å²) in [6.45, 7) is 2.09. The molecular formula is C12H15NO2. The van der Waals surface area contributed by atoms with E-state index in [4.69, 9.17) is 0 Å². The summed E-state index contributed by atoms with van der Waals surface area (Å²) in [7, 11) is 0. The van der Waals surface area contributed by atoms with Gasteiger partial charge >= 0.3 is 0 Å². The quantitative estimate of drug-likeness (QED) is 0.752. The lowest BCUT2D eigenvalue weighted by molar-refractivity contribution is 0.112. The van der Waals surface area contributed by atoms with E-state index in [1.807, 2.05) is 6.07 Å². The van der Waals surface area contributed by atoms with Crippen molar-refractivity contribution in [2.24, 2.45) is 0 Å². The van der Waals surface area contributed by atoms with Crippen LogP contribution in [-0.2, 0) is 0 Å². The lowest BCUT2D eigenvalue weighted by Crippen LogP contribution is -2.29. The summed E-state index contributed by atoms with van der Waals surface area (Å²) in [4.78, 5) is 12.9. The molecule has 0 aliphatic carbocycles. The Balaban J connectivity index is 2.23. The minimum Gasteiger partial charge on any atom is -0.507 e. The molecule has 80 valence electrons. The molecule has 0 amide bonds. The fourth-order valence-corrected chi connectivity index (χ4v) is 1.99. The van der Waals surface area contributed by atoms with Crippen LogP contribution in [0.4, 0.5) is 5.69 Å². The smallest absolute Gasteiger partial charge is 0.153 e. The molecule has 0 atom stereocenters. The van der Waals surface area contributed by atoms with Gasteiger partial charge in [0.05, 0.1) is 5.56 Å². The molecule has 1 N–H and O–H groups in total. The molecule has 0 saturated carbocycles. The number of nitrogens with zero attached hydrogens (tertiary/aromatic N) is 1. The van der Waals surface area contributed by atoms with Gasteiger partial charge in [-0.1, -0.05) is 0 Å². The van der Waals surface area contributed by atoms with Gasteiger partial charge in [0.1, 0.15) is 5.75 Å². The Morgan fingerprint density at radius 2 is 1.93 bits per heavy atom. The van der Waals surface area contributed by atoms with Crippen LogP contribution in [0.3, 0.4) is 0 Å². The SMILES string of the molecule is O=Cc1cc(N2CCCCC2)ccc1O. The third-order valence-electron chi connectivity index (χ3n) is 2.86. The van der Waals surface area contributed by atoms with Crippen LogP contribution in [0, 0.1) is 0 Å². The summed E-state index contributed by atoms with van der Waals surface area (Å²) in [5, 5.41) is 9.38. The van der Waals surface area contributed by atoms with Crippen molar-refractivity contribution in [1.29, 1.82) is 0 Å². The standard InChI is InChI=1S/C12H15NO2/c14-9-10-8-11(4-5-12(10)15)13-6-2-1-3-7-13/h4-5,8-9,15H,1-3,6-7H2. The number of carbonyl (C=O) groups is 1. The molecule has 1 fully saturated rings. The third-order valence-corrected chi connectivity index (χ3v) is 2.86. The highest BCUT2D eigenvalue weighted by Crippen LogP contribution is 2.25. The van der Waals surface area contributed by atoms with E-state index in [2.05, 4.69) is 4.90 Å². The molecular weight excluding hydrogens is 190 g/mol. The van der Waals surface area contributed by atoms with Gasteiger partial charge in [-0.2, -0.15) is 0 Å². The van der Waals surface area contributed by atoms with Crippen molar-refractivity contribution in [1.82, 2.24) is 0 Å². The van der Waals surface area contributed by atoms with Crippen molar-refractivity contribution in [2.45, 2.75) is 19.3 Å². The summed E-state index contributed by atoms with van der Waals surface area (Å²) in [6.07, 6.45) is 4.40. The zero-order valence-corrected chi connectivity index (χ0v) is 8.65. The minimum absolute atomic E-state index is 0.0609. The zero-order valence-electron chi connectivity index (χ0n) is 8.65. The minimum atomic E-state index is 0.0609. The second kappa shape index (κ2) is 4.34. The number of anilines is 1. The summed E-state index contributed by atoms with van der Waals surface area (Å²) >= 11 is 0. The number of benzene rings is 1. The van der Waals surface area contributed by atoms with E-state index in [1.54, 1.807) is 12.1 Å². The van der Waals surface area contributed by atoms with Gasteiger partial charge in [0, 0.05) is 18.8 Å². The highest BCUT2D eigenvalue weighted by molar-refractivity contribution is 5.81. The van der Waals surface area contributed by atoms with Crippen molar-refractivity contribution in [3.05, 3.63) is 23.8 Å². The predicted octanol–water partition coefficient (Wildman–Crippen LogP) is 2.20. The Kier molecular flexibility index (Phi) is 2.90. The van der Waals surface area contributed by atoms with Gasteiger partial charge in [-0.3, -0.25) is 4.79 Å². The topological polar surface area (TPSA) is 40.5 Å². The third kappa shape index (κ3) is 2.12. The van der Waals surface area contributed by atoms with Crippen LogP contribution >= 0.6 is 0 Å². The van der Waals surface area contributed by atoms with Crippen LogP contribution < -0.4 is 4.90 Å². The van der Waals surface area contributed by atoms with Crippen LogP contribution in [0.15, 0.2) is 18.2 Å². The number of phenols is 1. The molecule has 1 aromatic carbocycles. The average molecular weight is 205 g/mol. The first-order valence-electron chi connectivity index (χ1n) is 5.34. The Morgan fingerprint density at radius 1 is 1.20 bits per heavy atom. The molecule has 1 aliphatic heterocycles. The van der Waals surface area contributed by atoms with E-state index in [1.165, 1.54) is 19.3 Å². The van der Waals surface area contributed by atoms with E-state index in [9.17, 15) is 9.90 Å². The first kappa shape index (κ1) is 10.0. The molecule has 2 rings (SSSR count). The van der Waals surface area contributed by atoms with Crippen LogP contribution in [0.5, 0.6) is 5.75 Å². The second-order valence-electron chi connectivity index (χ2n) is 3.91. The molecule has 0 unspecified atom stereocenters. The Labute approximate surface area is 89.3 Å². The fourth-order valence-electron chi connectivity index (χ4n) is 1.99. The molecule has 1 aromatic rings. The van der Waals surface area contributed by atoms with E-state index in [0.29, 0.717) is 11.8 Å². The Hall–Kier alpha value is -1.51. The molecule has 3 heteroatoms. The maximum atomic E-state index is 10.7. The van der Waals surface area contributed by atoms with Gasteiger partial charge in [-0.05, 0) is 37.5 Å². The summed E-state index contributed by atoms with van der Waals surface area (Å²) < 4.78 is 0. The number of hydrogen-bond acceptors (Lipinski definition) is 3. The number of carbonyl (C=O) groups excluding carboxylic acids is 1. The van der Waals surface area contributed by atoms with Crippen LogP contribution in [0.2, 0.25) is 0 Å². The molecule has 1 heterocycles. The maximum absolute atomic E-state index is 10.7. The number of piperidine rings is 1. The molecule has 0 bridgehead atoms. The Bertz CT molecular complexity index is 357. The van der Waals surface area contributed by atoms with Crippen LogP contribution in [0.1, 0.15) is 29.6 Å². The predicted molar refractivity (Wildman–Crippen MR) is 59.6 cm³/mol. The molecule has 0 spiro atoms. The Morgan fingerprint density at radius 3 is 2.60 bits per heavy atom. The number of rotatable bonds is 2. The maximum Gasteiger partial charge on any atom is 0.153 e. The number of aldehydes is 1. The highest BCUT2D eigenvalue weighted by atomic mass is 16.3. The van der Waals surface area contributed by atoms with Crippen molar-refractivity contribution in [3.63, 3.8) is 0 Å². The second-order valence-corrected chi connectivity index (χ2v) is 3.91. The largest absolute Gasteiger partial charge is 0.507 e. The first-order valence-corrected chi connectivity index (χ1v) is 5.34. The molecule has 15 heavy (non-hydrogen) atoms. The van der Waals surface area contributed by atoms with Crippen LogP contribution in [-0.4, -0.2) is 24.5 Å². The molecule has 1 aliphatic rings. The van der Waals surface area contributed by atoms with Gasteiger partial charge in [0.2, 0.25) is 0 Å². The summed E-state index contributed by atoms with van der Waals surface area (Å²) in [6, 6.07) is 5.22. The molecule has 0 aromatic heterocycles. The molecule has 0 radical (unpaired) electrons. The number of phenolic OH excluding ortho intramolecular Hbond substituents is 1. The number of aromatic hydroxyl groups is 1. The zero-order chi connectivity index (χ0) is 10.7. The van der Waals surface area contributed by atoms with Crippen LogP contribution in [0.25, 0.3) is 0 Å². The van der Waals surface area contributed by atoms with E-state index >= 15 is 0 Å². The van der Waals surface area contributed by atoms with Gasteiger partial charge < -0.3 is 10.0 Å². The van der Waals surface area contributed by atoms with E-state index < -0.39 is 0 Å². The van der Waals surface area contributed by atoms with Gasteiger partial charge in [-0.25, -0.2) is 0 Å². The van der Waals surface area contributed by atoms with Crippen molar-refractivity contribution >= 4 is 12.0 Å². The van der Waals surface area contributed by atoms with E-state index in [0.717, 1.165) is 18.8 Å². The summed E-state index contributed by atoms with van der Waals surface area (Å²) in [5.41, 5.74) is 1.41. The van der Waals surface area contributed by atoms with E-state index in [-0.39, 0.29) is 5.75 Å². The monoisotopic (exact) mass is 205 g/mol. The molecule has 1 saturated heterocycles. The normalized spacial score (nSPS) is 16.4. The fraction of sp³-hybridized carbons (Fsp3) is 0.417. The lowest BCUT2D eigenvalue weighted by atomic mass is 10.1. The highest BCUT2D eigenvalue weighted by Gasteiger charge is 2.12. The number of hydrogen-bond donors (Lipinski definition) is 1. The summed E-state index contributed by atoms with van der Waals surface area (Å²) in [5.74, 6) is 0.0609. The van der Waals surface area contributed by atoms with Crippen molar-refractivity contribution < 1.29 is 9.90 Å². The van der Waals surface area contributed by atoms with Crippen molar-refractivity contribution in [2.75, 3.05) is 18.0 Å². The van der Waals surface area contributed by atoms with Gasteiger partial charge in [0.25, 0.3) is 0 Å².